The van der Waals surface area contributed by atoms with Crippen LogP contribution >= 0.6 is 11.3 Å². The molecule has 1 aromatic heterocycles. The van der Waals surface area contributed by atoms with Crippen LogP contribution in [0.2, 0.25) is 0 Å². The van der Waals surface area contributed by atoms with Gasteiger partial charge in [-0.25, -0.2) is 0 Å². The molecule has 1 heterocycles. The van der Waals surface area contributed by atoms with E-state index < -0.39 is 0 Å². The third kappa shape index (κ3) is 5.42. The van der Waals surface area contributed by atoms with Crippen molar-refractivity contribution in [2.24, 2.45) is 0 Å². The Morgan fingerprint density at radius 3 is 2.41 bits per heavy atom. The zero-order chi connectivity index (χ0) is 19.1. The van der Waals surface area contributed by atoms with Crippen LogP contribution in [0.25, 0.3) is 0 Å². The number of likely N-dealkylation sites (N-methyl/N-ethyl adjacent to an activating group) is 1. The molecule has 27 heavy (non-hydrogen) atoms. The van der Waals surface area contributed by atoms with E-state index >= 15 is 0 Å². The minimum atomic E-state index is -0.182. The summed E-state index contributed by atoms with van der Waals surface area (Å²) in [5.74, 6) is 0.837. The Bertz CT molecular complexity index is 833. The van der Waals surface area contributed by atoms with E-state index in [4.69, 9.17) is 4.74 Å². The largest absolute Gasteiger partial charge is 0.497 e. The van der Waals surface area contributed by atoms with Gasteiger partial charge >= 0.3 is 0 Å². The number of hydrogen-bond donors (Lipinski definition) is 2. The minimum Gasteiger partial charge on any atom is -0.497 e. The molecule has 3 rings (SSSR count). The second-order valence-corrected chi connectivity index (χ2v) is 7.41. The van der Waals surface area contributed by atoms with Crippen molar-refractivity contribution in [2.75, 3.05) is 20.7 Å². The van der Waals surface area contributed by atoms with E-state index in [0.717, 1.165) is 28.3 Å². The Kier molecular flexibility index (Phi) is 6.63. The van der Waals surface area contributed by atoms with Crippen molar-refractivity contribution in [3.63, 3.8) is 0 Å². The van der Waals surface area contributed by atoms with Gasteiger partial charge in [0.1, 0.15) is 12.3 Å². The van der Waals surface area contributed by atoms with Crippen molar-refractivity contribution in [3.05, 3.63) is 88.1 Å². The Morgan fingerprint density at radius 1 is 1.07 bits per heavy atom. The summed E-state index contributed by atoms with van der Waals surface area (Å²) in [6, 6.07) is 19.8. The second kappa shape index (κ2) is 9.35. The molecule has 140 valence electrons. The van der Waals surface area contributed by atoms with Gasteiger partial charge in [-0.05, 0) is 40.1 Å². The third-order valence-corrected chi connectivity index (χ3v) is 5.17. The summed E-state index contributed by atoms with van der Waals surface area (Å²) in [7, 11) is 3.69. The number of benzene rings is 2. The average Bonchev–Trinajstić information content (AvgIpc) is 3.19. The smallest absolute Gasteiger partial charge is 0.275 e. The lowest BCUT2D eigenvalue weighted by atomic mass is 9.98. The maximum Gasteiger partial charge on any atom is 0.275 e. The summed E-state index contributed by atoms with van der Waals surface area (Å²) in [6.07, 6.45) is 0. The Hall–Kier alpha value is -2.63. The summed E-state index contributed by atoms with van der Waals surface area (Å²) in [4.78, 5) is 13.9. The summed E-state index contributed by atoms with van der Waals surface area (Å²) < 4.78 is 5.25. The number of thiophene rings is 1. The Balaban J connectivity index is 1.71. The normalized spacial score (nSPS) is 13.0. The molecule has 0 fully saturated rings. The number of amides is 1. The summed E-state index contributed by atoms with van der Waals surface area (Å²) in [5.41, 5.74) is 3.36. The van der Waals surface area contributed by atoms with Crippen molar-refractivity contribution in [1.29, 1.82) is 0 Å². The summed E-state index contributed by atoms with van der Waals surface area (Å²) in [5, 5.41) is 7.40. The zero-order valence-electron chi connectivity index (χ0n) is 15.6. The van der Waals surface area contributed by atoms with Gasteiger partial charge in [0.05, 0.1) is 20.2 Å². The molecule has 5 heteroatoms. The predicted molar refractivity (Wildman–Crippen MR) is 109 cm³/mol. The number of methoxy groups -OCH3 is 1. The van der Waals surface area contributed by atoms with Crippen LogP contribution in [0.3, 0.4) is 0 Å². The first-order valence-corrected chi connectivity index (χ1v) is 9.90. The number of carbonyl (C=O) groups is 1. The Morgan fingerprint density at radius 2 is 1.78 bits per heavy atom. The monoisotopic (exact) mass is 381 g/mol. The van der Waals surface area contributed by atoms with Gasteiger partial charge in [-0.2, -0.15) is 11.3 Å². The lowest BCUT2D eigenvalue weighted by Crippen LogP contribution is -3.08. The van der Waals surface area contributed by atoms with E-state index in [1.807, 2.05) is 61.6 Å². The maximum atomic E-state index is 12.7. The molecule has 2 atom stereocenters. The highest BCUT2D eigenvalue weighted by Gasteiger charge is 2.19. The van der Waals surface area contributed by atoms with Gasteiger partial charge in [-0.1, -0.05) is 42.5 Å². The standard InChI is InChI=1S/C22H24N2O2S/c1-24(14-17-12-13-27-16-17)15-21(25)23-22(18-6-4-3-5-7-18)19-8-10-20(26-2)11-9-19/h3-13,16,22H,14-15H2,1-2H3,(H,23,25)/p+1/t22-/m1/s1. The SMILES string of the molecule is COc1ccc([C@H](NC(=O)C[NH+](C)Cc2ccsc2)c2ccccc2)cc1. The first-order valence-electron chi connectivity index (χ1n) is 8.96. The van der Waals surface area contributed by atoms with Crippen LogP contribution in [0.15, 0.2) is 71.4 Å². The molecule has 2 N–H and O–H groups in total. The second-order valence-electron chi connectivity index (χ2n) is 6.63. The molecule has 0 spiro atoms. The van der Waals surface area contributed by atoms with E-state index in [1.54, 1.807) is 18.4 Å². The van der Waals surface area contributed by atoms with Gasteiger partial charge in [0.15, 0.2) is 6.54 Å². The van der Waals surface area contributed by atoms with Crippen molar-refractivity contribution in [1.82, 2.24) is 5.32 Å². The highest BCUT2D eigenvalue weighted by molar-refractivity contribution is 7.07. The van der Waals surface area contributed by atoms with Crippen LogP contribution in [-0.4, -0.2) is 26.6 Å². The van der Waals surface area contributed by atoms with Gasteiger partial charge in [-0.3, -0.25) is 4.79 Å². The van der Waals surface area contributed by atoms with Gasteiger partial charge < -0.3 is 15.0 Å². The molecule has 4 nitrogen and oxygen atoms in total. The van der Waals surface area contributed by atoms with Gasteiger partial charge in [0.25, 0.3) is 5.91 Å². The predicted octanol–water partition coefficient (Wildman–Crippen LogP) is 2.68. The van der Waals surface area contributed by atoms with Crippen LogP contribution in [0.5, 0.6) is 5.75 Å². The number of rotatable bonds is 8. The highest BCUT2D eigenvalue weighted by Crippen LogP contribution is 2.24. The molecule has 0 bridgehead atoms. The molecule has 0 saturated heterocycles. The molecule has 2 aromatic carbocycles. The van der Waals surface area contributed by atoms with Crippen molar-refractivity contribution in [3.8, 4) is 5.75 Å². The number of nitrogens with one attached hydrogen (secondary N) is 2. The molecular formula is C22H25N2O2S+. The van der Waals surface area contributed by atoms with Crippen molar-refractivity contribution in [2.45, 2.75) is 12.6 Å². The molecular weight excluding hydrogens is 356 g/mol. The molecule has 0 aliphatic rings. The lowest BCUT2D eigenvalue weighted by molar-refractivity contribution is -0.885. The Labute approximate surface area is 164 Å². The maximum absolute atomic E-state index is 12.7. The topological polar surface area (TPSA) is 42.8 Å². The zero-order valence-corrected chi connectivity index (χ0v) is 16.5. The number of carbonyl (C=O) groups excluding carboxylic acids is 1. The van der Waals surface area contributed by atoms with Crippen LogP contribution < -0.4 is 15.0 Å². The fourth-order valence-corrected chi connectivity index (χ4v) is 3.76. The van der Waals surface area contributed by atoms with E-state index in [9.17, 15) is 4.79 Å². The van der Waals surface area contributed by atoms with E-state index in [2.05, 4.69) is 22.1 Å². The van der Waals surface area contributed by atoms with E-state index in [0.29, 0.717) is 6.54 Å². The number of hydrogen-bond acceptors (Lipinski definition) is 3. The van der Waals surface area contributed by atoms with Crippen LogP contribution in [0.1, 0.15) is 22.7 Å². The van der Waals surface area contributed by atoms with Crippen LogP contribution in [-0.2, 0) is 11.3 Å². The molecule has 1 amide bonds. The molecule has 1 unspecified atom stereocenters. The third-order valence-electron chi connectivity index (χ3n) is 4.44. The van der Waals surface area contributed by atoms with E-state index in [1.165, 1.54) is 5.56 Å². The molecule has 0 aliphatic heterocycles. The fraction of sp³-hybridized carbons (Fsp3) is 0.227. The minimum absolute atomic E-state index is 0.0346. The van der Waals surface area contributed by atoms with Crippen molar-refractivity contribution < 1.29 is 14.4 Å². The quantitative estimate of drug-likeness (QED) is 0.630. The van der Waals surface area contributed by atoms with Gasteiger partial charge in [-0.15, -0.1) is 0 Å². The van der Waals surface area contributed by atoms with Gasteiger partial charge in [0, 0.05) is 5.56 Å². The fourth-order valence-electron chi connectivity index (χ4n) is 3.09. The van der Waals surface area contributed by atoms with Crippen LogP contribution in [0.4, 0.5) is 0 Å². The summed E-state index contributed by atoms with van der Waals surface area (Å²) >= 11 is 1.68. The number of ether oxygens (including phenoxy) is 1. The highest BCUT2D eigenvalue weighted by atomic mass is 32.1. The first kappa shape index (κ1) is 19.1. The molecule has 0 saturated carbocycles. The van der Waals surface area contributed by atoms with Crippen LogP contribution in [0, 0.1) is 0 Å². The number of quaternary nitrogens is 1. The van der Waals surface area contributed by atoms with Gasteiger partial charge in [0.2, 0.25) is 0 Å². The lowest BCUT2D eigenvalue weighted by Gasteiger charge is -2.21. The summed E-state index contributed by atoms with van der Waals surface area (Å²) in [6.45, 7) is 1.27. The van der Waals surface area contributed by atoms with Crippen molar-refractivity contribution >= 4 is 17.2 Å². The molecule has 3 aromatic rings. The molecule has 0 radical (unpaired) electrons. The average molecular weight is 382 g/mol. The first-order chi connectivity index (χ1) is 13.2. The molecule has 0 aliphatic carbocycles. The van der Waals surface area contributed by atoms with E-state index in [-0.39, 0.29) is 11.9 Å².